The molecule has 0 fully saturated rings. The van der Waals surface area contributed by atoms with Gasteiger partial charge in [0, 0.05) is 23.1 Å². The van der Waals surface area contributed by atoms with E-state index in [9.17, 15) is 4.79 Å². The van der Waals surface area contributed by atoms with Crippen LogP contribution in [-0.2, 0) is 4.79 Å². The quantitative estimate of drug-likeness (QED) is 0.571. The largest absolute Gasteiger partial charge is 0.480 e. The Kier molecular flexibility index (Phi) is 6.12. The van der Waals surface area contributed by atoms with Crippen LogP contribution in [-0.4, -0.2) is 21.9 Å². The van der Waals surface area contributed by atoms with E-state index >= 15 is 0 Å². The number of rotatable bonds is 6. The molecule has 0 radical (unpaired) electrons. The van der Waals surface area contributed by atoms with Crippen molar-refractivity contribution >= 4 is 17.7 Å². The molecule has 0 amide bonds. The second-order valence-corrected chi connectivity index (χ2v) is 6.53. The number of carboxylic acid groups (broad SMARTS) is 1. The minimum atomic E-state index is -1.06. The van der Waals surface area contributed by atoms with Gasteiger partial charge in [-0.1, -0.05) is 27.4 Å². The molecule has 1 atom stereocenters. The van der Waals surface area contributed by atoms with Gasteiger partial charge in [0.25, 0.3) is 0 Å². The molecule has 0 spiro atoms. The van der Waals surface area contributed by atoms with Crippen molar-refractivity contribution in [3.05, 3.63) is 23.5 Å². The molecule has 0 rings (SSSR count). The summed E-state index contributed by atoms with van der Waals surface area (Å²) in [6.07, 6.45) is 1.47. The van der Waals surface area contributed by atoms with E-state index < -0.39 is 12.0 Å². The second kappa shape index (κ2) is 6.56. The molecule has 0 aromatic rings. The zero-order valence-corrected chi connectivity index (χ0v) is 11.3. The predicted molar refractivity (Wildman–Crippen MR) is 72.1 cm³/mol. The molecule has 0 aliphatic heterocycles. The van der Waals surface area contributed by atoms with Crippen LogP contribution in [0.5, 0.6) is 0 Å². The second-order valence-electron chi connectivity index (χ2n) is 4.60. The van der Waals surface area contributed by atoms with E-state index in [0.717, 1.165) is 0 Å². The van der Waals surface area contributed by atoms with Crippen molar-refractivity contribution < 1.29 is 9.90 Å². The minimum absolute atomic E-state index is 0.0265. The summed E-state index contributed by atoms with van der Waals surface area (Å²) in [7, 11) is 0. The number of hydrogen-bond donors (Lipinski definition) is 4. The third-order valence-electron chi connectivity index (χ3n) is 1.69. The first-order valence-corrected chi connectivity index (χ1v) is 6.01. The fourth-order valence-electron chi connectivity index (χ4n) is 1.06. The molecule has 0 unspecified atom stereocenters. The van der Waals surface area contributed by atoms with Crippen LogP contribution in [0.1, 0.15) is 27.2 Å². The van der Waals surface area contributed by atoms with Crippen LogP contribution in [0.25, 0.3) is 0 Å². The number of thioether (sulfide) groups is 1. The Bertz CT molecular complexity index is 321. The van der Waals surface area contributed by atoms with Crippen LogP contribution < -0.4 is 16.8 Å². The Morgan fingerprint density at radius 2 is 2.12 bits per heavy atom. The van der Waals surface area contributed by atoms with Gasteiger partial charge in [-0.3, -0.25) is 4.79 Å². The lowest BCUT2D eigenvalue weighted by Crippen LogP contribution is -2.33. The highest BCUT2D eigenvalue weighted by molar-refractivity contribution is 8.04. The molecule has 98 valence electrons. The van der Waals surface area contributed by atoms with E-state index in [1.807, 2.05) is 0 Å². The third-order valence-corrected chi connectivity index (χ3v) is 2.65. The van der Waals surface area contributed by atoms with Gasteiger partial charge in [-0.15, -0.1) is 11.8 Å². The number of carboxylic acids is 1. The van der Waals surface area contributed by atoms with Crippen LogP contribution in [0.2, 0.25) is 0 Å². The Morgan fingerprint density at radius 3 is 2.47 bits per heavy atom. The number of aliphatic carboxylic acids is 1. The maximum atomic E-state index is 10.6. The van der Waals surface area contributed by atoms with Gasteiger partial charge in [0.15, 0.2) is 0 Å². The molecule has 6 heteroatoms. The Morgan fingerprint density at radius 1 is 1.59 bits per heavy atom. The van der Waals surface area contributed by atoms with Crippen LogP contribution in [0.3, 0.4) is 0 Å². The Balaban J connectivity index is 4.34. The molecule has 0 aromatic heterocycles. The number of nitrogens with one attached hydrogen (secondary N) is 1. The summed E-state index contributed by atoms with van der Waals surface area (Å²) in [6, 6.07) is -0.968. The lowest BCUT2D eigenvalue weighted by atomic mass is 10.2. The summed E-state index contributed by atoms with van der Waals surface area (Å²) >= 11 is 1.55. The topological polar surface area (TPSA) is 101 Å². The maximum Gasteiger partial charge on any atom is 0.320 e. The highest BCUT2D eigenvalue weighted by atomic mass is 32.2. The molecule has 0 heterocycles. The molecular formula is C11H21N3O2S. The number of nitrogens with two attached hydrogens (primary N) is 2. The summed E-state index contributed by atoms with van der Waals surface area (Å²) < 4.78 is 0.0265. The zero-order chi connectivity index (χ0) is 13.6. The van der Waals surface area contributed by atoms with Crippen molar-refractivity contribution in [3.63, 3.8) is 0 Å². The Hall–Kier alpha value is -1.14. The minimum Gasteiger partial charge on any atom is -0.480 e. The smallest absolute Gasteiger partial charge is 0.320 e. The van der Waals surface area contributed by atoms with Crippen LogP contribution in [0.4, 0.5) is 0 Å². The molecule has 0 aromatic carbocycles. The van der Waals surface area contributed by atoms with Gasteiger partial charge < -0.3 is 21.9 Å². The lowest BCUT2D eigenvalue weighted by Gasteiger charge is -2.21. The molecular weight excluding hydrogens is 238 g/mol. The number of carbonyl (C=O) groups is 1. The first kappa shape index (κ1) is 15.9. The molecule has 6 N–H and O–H groups in total. The average Bonchev–Trinajstić information content (AvgIpc) is 2.13. The van der Waals surface area contributed by atoms with Crippen molar-refractivity contribution in [1.82, 2.24) is 5.32 Å². The summed E-state index contributed by atoms with van der Waals surface area (Å²) in [6.45, 7) is 10.0. The average molecular weight is 259 g/mol. The zero-order valence-electron chi connectivity index (χ0n) is 10.5. The van der Waals surface area contributed by atoms with Gasteiger partial charge in [0.2, 0.25) is 0 Å². The molecule has 5 nitrogen and oxygen atoms in total. The van der Waals surface area contributed by atoms with Crippen molar-refractivity contribution in [2.75, 3.05) is 0 Å². The molecule has 0 aliphatic carbocycles. The molecule has 0 aliphatic rings. The van der Waals surface area contributed by atoms with Crippen LogP contribution >= 0.6 is 11.8 Å². The third kappa shape index (κ3) is 7.70. The first-order chi connectivity index (χ1) is 7.65. The van der Waals surface area contributed by atoms with Crippen molar-refractivity contribution in [3.8, 4) is 0 Å². The summed E-state index contributed by atoms with van der Waals surface area (Å²) in [5.74, 6) is -1.06. The molecule has 0 saturated heterocycles. The highest BCUT2D eigenvalue weighted by Crippen LogP contribution is 2.28. The normalized spacial score (nSPS) is 14.2. The maximum absolute atomic E-state index is 10.6. The fourth-order valence-corrected chi connectivity index (χ4v) is 1.98. The van der Waals surface area contributed by atoms with Crippen LogP contribution in [0.15, 0.2) is 23.5 Å². The SMILES string of the molecule is C=C(N/C(=C\N)C[C@H](N)C(=O)O)SC(C)(C)C. The lowest BCUT2D eigenvalue weighted by molar-refractivity contribution is -0.138. The molecule has 17 heavy (non-hydrogen) atoms. The monoisotopic (exact) mass is 259 g/mol. The summed E-state index contributed by atoms with van der Waals surface area (Å²) in [5, 5.41) is 12.4. The van der Waals surface area contributed by atoms with E-state index in [1.165, 1.54) is 6.20 Å². The van der Waals surface area contributed by atoms with E-state index in [2.05, 4.69) is 32.7 Å². The van der Waals surface area contributed by atoms with E-state index in [0.29, 0.717) is 10.7 Å². The van der Waals surface area contributed by atoms with Crippen molar-refractivity contribution in [2.45, 2.75) is 38.0 Å². The van der Waals surface area contributed by atoms with E-state index in [4.69, 9.17) is 16.6 Å². The van der Waals surface area contributed by atoms with Crippen molar-refractivity contribution in [1.29, 1.82) is 0 Å². The summed E-state index contributed by atoms with van der Waals surface area (Å²) in [4.78, 5) is 10.6. The van der Waals surface area contributed by atoms with Gasteiger partial charge in [-0.2, -0.15) is 0 Å². The van der Waals surface area contributed by atoms with E-state index in [-0.39, 0.29) is 11.2 Å². The van der Waals surface area contributed by atoms with E-state index in [1.54, 1.807) is 11.8 Å². The van der Waals surface area contributed by atoms with Crippen molar-refractivity contribution in [2.24, 2.45) is 11.5 Å². The van der Waals surface area contributed by atoms with Crippen LogP contribution in [0, 0.1) is 0 Å². The van der Waals surface area contributed by atoms with Gasteiger partial charge in [0.1, 0.15) is 6.04 Å². The number of hydrogen-bond acceptors (Lipinski definition) is 5. The van der Waals surface area contributed by atoms with Gasteiger partial charge >= 0.3 is 5.97 Å². The Labute approximate surface area is 106 Å². The fraction of sp³-hybridized carbons (Fsp3) is 0.545. The first-order valence-electron chi connectivity index (χ1n) is 5.20. The molecule has 0 bridgehead atoms. The highest BCUT2D eigenvalue weighted by Gasteiger charge is 2.16. The predicted octanol–water partition coefficient (Wildman–Crippen LogP) is 1.18. The van der Waals surface area contributed by atoms with Gasteiger partial charge in [-0.25, -0.2) is 0 Å². The molecule has 0 saturated carbocycles. The van der Waals surface area contributed by atoms with Gasteiger partial charge in [-0.05, 0) is 0 Å². The standard InChI is InChI=1S/C11H21N3O2S/c1-7(17-11(2,3)4)14-8(6-12)5-9(13)10(15)16/h6,9,14H,1,5,12-13H2,2-4H3,(H,15,16)/b8-6-/t9-/m0/s1. The summed E-state index contributed by atoms with van der Waals surface area (Å²) in [5.41, 5.74) is 11.4. The van der Waals surface area contributed by atoms with Gasteiger partial charge in [0.05, 0.1) is 5.03 Å².